The molecule has 5 aromatic rings. The summed E-state index contributed by atoms with van der Waals surface area (Å²) in [7, 11) is -2.15. The number of para-hydroxylation sites is 1. The van der Waals surface area contributed by atoms with Crippen molar-refractivity contribution in [3.63, 3.8) is 0 Å². The summed E-state index contributed by atoms with van der Waals surface area (Å²) in [6.07, 6.45) is 1.65. The van der Waals surface area contributed by atoms with E-state index in [2.05, 4.69) is 29.3 Å². The number of fused-ring (bicyclic) bond motifs is 1. The average Bonchev–Trinajstić information content (AvgIpc) is 3.50. The van der Waals surface area contributed by atoms with Crippen LogP contribution in [0.5, 0.6) is 0 Å². The molecule has 7 nitrogen and oxygen atoms in total. The molecule has 9 heteroatoms. The van der Waals surface area contributed by atoms with Gasteiger partial charge in [-0.05, 0) is 30.7 Å². The highest BCUT2D eigenvalue weighted by molar-refractivity contribution is 7.99. The van der Waals surface area contributed by atoms with E-state index in [1.807, 2.05) is 47.0 Å². The summed E-state index contributed by atoms with van der Waals surface area (Å²) in [4.78, 5) is 0.228. The average molecular weight is 519 g/mol. The molecule has 0 unspecified atom stereocenters. The van der Waals surface area contributed by atoms with Gasteiger partial charge in [-0.3, -0.25) is 4.57 Å². The highest BCUT2D eigenvalue weighted by atomic mass is 32.2. The van der Waals surface area contributed by atoms with Gasteiger partial charge in [-0.1, -0.05) is 78.5 Å². The molecule has 3 aromatic carbocycles. The maximum Gasteiger partial charge on any atom is 0.268 e. The Labute approximate surface area is 214 Å². The van der Waals surface area contributed by atoms with Crippen molar-refractivity contribution in [2.45, 2.75) is 28.8 Å². The lowest BCUT2D eigenvalue weighted by Gasteiger charge is -2.13. The molecule has 0 radical (unpaired) electrons. The van der Waals surface area contributed by atoms with Crippen LogP contribution in [0.1, 0.15) is 17.7 Å². The lowest BCUT2D eigenvalue weighted by molar-refractivity contribution is 0.185. The second-order valence-electron chi connectivity index (χ2n) is 8.30. The fourth-order valence-corrected chi connectivity index (χ4v) is 6.54. The molecule has 0 N–H and O–H groups in total. The molecule has 184 valence electrons. The van der Waals surface area contributed by atoms with Gasteiger partial charge < -0.3 is 4.74 Å². The topological polar surface area (TPSA) is 79.0 Å². The maximum absolute atomic E-state index is 13.6. The van der Waals surface area contributed by atoms with E-state index >= 15 is 0 Å². The van der Waals surface area contributed by atoms with Crippen LogP contribution in [0, 0.1) is 0 Å². The third-order valence-electron chi connectivity index (χ3n) is 6.01. The second-order valence-corrected chi connectivity index (χ2v) is 11.4. The highest BCUT2D eigenvalue weighted by Gasteiger charge is 2.25. The van der Waals surface area contributed by atoms with Crippen molar-refractivity contribution in [1.29, 1.82) is 0 Å². The number of thioether (sulfide) groups is 1. The third kappa shape index (κ3) is 4.57. The van der Waals surface area contributed by atoms with Crippen molar-refractivity contribution >= 4 is 32.7 Å². The first-order valence-electron chi connectivity index (χ1n) is 11.6. The van der Waals surface area contributed by atoms with Crippen molar-refractivity contribution in [2.24, 2.45) is 0 Å². The van der Waals surface area contributed by atoms with Gasteiger partial charge in [0.2, 0.25) is 0 Å². The minimum Gasteiger partial charge on any atom is -0.383 e. The number of ether oxygens (including phenoxy) is 1. The first kappa shape index (κ1) is 24.3. The van der Waals surface area contributed by atoms with Gasteiger partial charge >= 0.3 is 0 Å². The zero-order valence-corrected chi connectivity index (χ0v) is 21.6. The van der Waals surface area contributed by atoms with Gasteiger partial charge in [0.05, 0.1) is 23.6 Å². The molecule has 0 amide bonds. The van der Waals surface area contributed by atoms with E-state index in [1.165, 1.54) is 9.54 Å². The zero-order valence-electron chi connectivity index (χ0n) is 20.0. The summed E-state index contributed by atoms with van der Waals surface area (Å²) in [5, 5.41) is 10.7. The van der Waals surface area contributed by atoms with Crippen LogP contribution in [0.3, 0.4) is 0 Å². The van der Waals surface area contributed by atoms with Crippen LogP contribution >= 0.6 is 11.8 Å². The van der Waals surface area contributed by atoms with E-state index in [9.17, 15) is 8.42 Å². The van der Waals surface area contributed by atoms with Crippen molar-refractivity contribution < 1.29 is 13.2 Å². The van der Waals surface area contributed by atoms with Gasteiger partial charge in [0.15, 0.2) is 11.0 Å². The van der Waals surface area contributed by atoms with Crippen LogP contribution in [0.4, 0.5) is 0 Å². The van der Waals surface area contributed by atoms with Gasteiger partial charge in [0.1, 0.15) is 0 Å². The summed E-state index contributed by atoms with van der Waals surface area (Å²) in [5.74, 6) is 0.605. The quantitative estimate of drug-likeness (QED) is 0.235. The predicted molar refractivity (Wildman–Crippen MR) is 143 cm³/mol. The number of rotatable bonds is 9. The molecule has 0 bridgehead atoms. The number of benzene rings is 3. The van der Waals surface area contributed by atoms with Gasteiger partial charge in [-0.15, -0.1) is 10.2 Å². The van der Waals surface area contributed by atoms with E-state index in [-0.39, 0.29) is 10.1 Å². The van der Waals surface area contributed by atoms with E-state index in [0.717, 1.165) is 10.5 Å². The Hall–Kier alpha value is -3.40. The fraction of sp³-hybridized carbons (Fsp3) is 0.185. The predicted octanol–water partition coefficient (Wildman–Crippen LogP) is 5.64. The molecule has 0 fully saturated rings. The molecule has 0 saturated heterocycles. The Morgan fingerprint density at radius 3 is 2.31 bits per heavy atom. The van der Waals surface area contributed by atoms with Crippen molar-refractivity contribution in [1.82, 2.24) is 18.7 Å². The van der Waals surface area contributed by atoms with E-state index < -0.39 is 10.0 Å². The molecule has 0 aliphatic rings. The largest absolute Gasteiger partial charge is 0.383 e. The number of methoxy groups -OCH3 is 1. The van der Waals surface area contributed by atoms with Crippen LogP contribution in [0.15, 0.2) is 101 Å². The second kappa shape index (κ2) is 10.3. The molecule has 0 aliphatic carbocycles. The molecule has 0 saturated carbocycles. The van der Waals surface area contributed by atoms with Crippen LogP contribution < -0.4 is 0 Å². The SMILES string of the molecule is COCCn1c(S[C@@H](C)c2ccccc2)nnc1-c1cn(S(=O)(=O)c2ccccc2)c2ccccc12. The Morgan fingerprint density at radius 1 is 0.917 bits per heavy atom. The van der Waals surface area contributed by atoms with Gasteiger partial charge in [-0.25, -0.2) is 12.4 Å². The van der Waals surface area contributed by atoms with E-state index in [0.29, 0.717) is 30.1 Å². The molecule has 0 spiro atoms. The number of aromatic nitrogens is 4. The number of hydrogen-bond donors (Lipinski definition) is 0. The summed E-state index contributed by atoms with van der Waals surface area (Å²) in [6, 6.07) is 26.1. The summed E-state index contributed by atoms with van der Waals surface area (Å²) >= 11 is 1.61. The van der Waals surface area contributed by atoms with Gasteiger partial charge in [0, 0.05) is 29.5 Å². The summed E-state index contributed by atoms with van der Waals surface area (Å²) < 4.78 is 35.8. The Morgan fingerprint density at radius 2 is 1.58 bits per heavy atom. The first-order valence-corrected chi connectivity index (χ1v) is 13.9. The minimum absolute atomic E-state index is 0.157. The summed E-state index contributed by atoms with van der Waals surface area (Å²) in [6.45, 7) is 3.14. The highest BCUT2D eigenvalue weighted by Crippen LogP contribution is 2.37. The summed E-state index contributed by atoms with van der Waals surface area (Å²) in [5.41, 5.74) is 2.48. The lowest BCUT2D eigenvalue weighted by atomic mass is 10.1. The van der Waals surface area contributed by atoms with Crippen molar-refractivity contribution in [3.8, 4) is 11.4 Å². The first-order chi connectivity index (χ1) is 17.5. The smallest absolute Gasteiger partial charge is 0.268 e. The molecule has 5 rings (SSSR count). The standard InChI is InChI=1S/C27H26N4O3S2/c1-20(21-11-5-3-6-12-21)35-27-29-28-26(30(27)17-18-34-2)24-19-31(25-16-10-9-15-23(24)25)36(32,33)22-13-7-4-8-14-22/h3-16,19-20H,17-18H2,1-2H3/t20-/m0/s1. The molecular formula is C27H26N4O3S2. The fourth-order valence-electron chi connectivity index (χ4n) is 4.14. The van der Waals surface area contributed by atoms with E-state index in [1.54, 1.807) is 55.4 Å². The van der Waals surface area contributed by atoms with Gasteiger partial charge in [0.25, 0.3) is 10.0 Å². The number of nitrogens with zero attached hydrogens (tertiary/aromatic N) is 4. The van der Waals surface area contributed by atoms with Crippen LogP contribution in [0.25, 0.3) is 22.3 Å². The normalized spacial score (nSPS) is 12.7. The molecular weight excluding hydrogens is 492 g/mol. The van der Waals surface area contributed by atoms with Crippen LogP contribution in [-0.2, 0) is 21.3 Å². The Balaban J connectivity index is 1.62. The van der Waals surface area contributed by atoms with E-state index in [4.69, 9.17) is 4.74 Å². The van der Waals surface area contributed by atoms with Crippen LogP contribution in [0.2, 0.25) is 0 Å². The number of hydrogen-bond acceptors (Lipinski definition) is 6. The molecule has 2 heterocycles. The Bertz CT molecular complexity index is 1580. The minimum atomic E-state index is -3.80. The molecule has 36 heavy (non-hydrogen) atoms. The Kier molecular flexibility index (Phi) is 6.95. The molecule has 2 aromatic heterocycles. The van der Waals surface area contributed by atoms with Crippen molar-refractivity contribution in [2.75, 3.05) is 13.7 Å². The van der Waals surface area contributed by atoms with Crippen molar-refractivity contribution in [3.05, 3.63) is 96.7 Å². The maximum atomic E-state index is 13.6. The third-order valence-corrected chi connectivity index (χ3v) is 8.83. The zero-order chi connectivity index (χ0) is 25.1. The monoisotopic (exact) mass is 518 g/mol. The van der Waals surface area contributed by atoms with Crippen LogP contribution in [-0.4, -0.2) is 40.9 Å². The lowest BCUT2D eigenvalue weighted by Crippen LogP contribution is -2.11. The molecule has 1 atom stereocenters. The van der Waals surface area contributed by atoms with Gasteiger partial charge in [-0.2, -0.15) is 0 Å². The molecule has 0 aliphatic heterocycles.